The summed E-state index contributed by atoms with van der Waals surface area (Å²) in [6, 6.07) is 10.6. The summed E-state index contributed by atoms with van der Waals surface area (Å²) >= 11 is 0. The van der Waals surface area contributed by atoms with E-state index >= 15 is 0 Å². The minimum absolute atomic E-state index is 0.00834. The van der Waals surface area contributed by atoms with Crippen LogP contribution in [0.2, 0.25) is 0 Å². The fourth-order valence-corrected chi connectivity index (χ4v) is 6.46. The van der Waals surface area contributed by atoms with Gasteiger partial charge in [-0.25, -0.2) is 9.97 Å². The second kappa shape index (κ2) is 6.25. The predicted octanol–water partition coefficient (Wildman–Crippen LogP) is 5.07. The summed E-state index contributed by atoms with van der Waals surface area (Å²) in [4.78, 5) is 31.8. The molecule has 6 nitrogen and oxygen atoms in total. The van der Waals surface area contributed by atoms with Crippen molar-refractivity contribution in [2.45, 2.75) is 63.8 Å². The number of likely N-dealkylation sites (tertiary alicyclic amines) is 1. The highest BCUT2D eigenvalue weighted by Crippen LogP contribution is 2.56. The molecule has 33 heavy (non-hydrogen) atoms. The number of rotatable bonds is 2. The molecule has 3 aliphatic rings. The number of hydrogen-bond donors (Lipinski definition) is 2. The van der Waals surface area contributed by atoms with Crippen molar-refractivity contribution in [3.05, 3.63) is 59.2 Å². The van der Waals surface area contributed by atoms with Crippen LogP contribution in [0, 0.1) is 5.41 Å². The van der Waals surface area contributed by atoms with E-state index in [1.165, 1.54) is 24.0 Å². The van der Waals surface area contributed by atoms with Gasteiger partial charge in [-0.3, -0.25) is 4.79 Å². The zero-order chi connectivity index (χ0) is 22.5. The molecule has 2 aromatic heterocycles. The molecule has 1 aliphatic heterocycles. The van der Waals surface area contributed by atoms with Crippen LogP contribution < -0.4 is 0 Å². The first kappa shape index (κ1) is 19.3. The van der Waals surface area contributed by atoms with Crippen LogP contribution in [-0.4, -0.2) is 43.3 Å². The van der Waals surface area contributed by atoms with Crippen LogP contribution in [0.5, 0.6) is 0 Å². The van der Waals surface area contributed by atoms with Gasteiger partial charge in [0, 0.05) is 29.5 Å². The molecule has 6 heteroatoms. The topological polar surface area (TPSA) is 77.7 Å². The first-order valence-electron chi connectivity index (χ1n) is 12.1. The Balaban J connectivity index is 1.31. The maximum absolute atomic E-state index is 13.7. The number of H-pyrrole nitrogens is 2. The lowest BCUT2D eigenvalue weighted by Gasteiger charge is -2.60. The number of nitrogens with zero attached hydrogens (tertiary/aromatic N) is 3. The van der Waals surface area contributed by atoms with Crippen molar-refractivity contribution in [1.82, 2.24) is 24.8 Å². The number of amides is 1. The Morgan fingerprint density at radius 3 is 2.76 bits per heavy atom. The summed E-state index contributed by atoms with van der Waals surface area (Å²) < 4.78 is 0. The van der Waals surface area contributed by atoms with Gasteiger partial charge in [0.25, 0.3) is 5.91 Å². The molecule has 2 N–H and O–H groups in total. The standard InChI is InChI=1S/C27H29N5O/c1-26(2)23-12-17-11-21-22(31-24(30-21)15-4-5-15)13-18(17)27(26,3)8-9-32(23)25(33)16-6-7-19-20(10-16)29-14-28-19/h6-7,10-11,13-15,23H,4-5,8-9,12H2,1-3H3,(H,28,29)(H,30,31)/t23-,27+/m1/s1. The van der Waals surface area contributed by atoms with Crippen molar-refractivity contribution in [2.24, 2.45) is 5.41 Å². The summed E-state index contributed by atoms with van der Waals surface area (Å²) in [5.41, 5.74) is 7.51. The molecular formula is C27H29N5O. The molecule has 2 atom stereocenters. The maximum atomic E-state index is 13.7. The first-order valence-corrected chi connectivity index (χ1v) is 12.1. The van der Waals surface area contributed by atoms with E-state index in [1.54, 1.807) is 6.33 Å². The molecule has 7 rings (SSSR count). The molecule has 168 valence electrons. The molecule has 2 fully saturated rings. The Morgan fingerprint density at radius 2 is 1.94 bits per heavy atom. The molecule has 2 bridgehead atoms. The van der Waals surface area contributed by atoms with Crippen LogP contribution in [0.15, 0.2) is 36.7 Å². The number of imidazole rings is 2. The van der Waals surface area contributed by atoms with Gasteiger partial charge in [-0.15, -0.1) is 0 Å². The summed E-state index contributed by atoms with van der Waals surface area (Å²) in [7, 11) is 0. The number of carbonyl (C=O) groups excluding carboxylic acids is 1. The molecule has 2 aliphatic carbocycles. The lowest BCUT2D eigenvalue weighted by molar-refractivity contribution is -0.0261. The monoisotopic (exact) mass is 439 g/mol. The number of piperidine rings is 1. The Hall–Kier alpha value is -3.15. The summed E-state index contributed by atoms with van der Waals surface area (Å²) in [6.45, 7) is 7.88. The lowest BCUT2D eigenvalue weighted by atomic mass is 9.51. The number of benzene rings is 2. The van der Waals surface area contributed by atoms with Crippen molar-refractivity contribution >= 4 is 28.0 Å². The molecular weight excluding hydrogens is 410 g/mol. The minimum atomic E-state index is -0.0426. The number of aromatic amines is 2. The number of aromatic nitrogens is 4. The number of carbonyl (C=O) groups is 1. The lowest BCUT2D eigenvalue weighted by Crippen LogP contribution is -2.64. The summed E-state index contributed by atoms with van der Waals surface area (Å²) in [5.74, 6) is 1.87. The van der Waals surface area contributed by atoms with E-state index < -0.39 is 0 Å². The zero-order valence-corrected chi connectivity index (χ0v) is 19.4. The van der Waals surface area contributed by atoms with Crippen molar-refractivity contribution in [2.75, 3.05) is 6.54 Å². The van der Waals surface area contributed by atoms with E-state index in [9.17, 15) is 4.79 Å². The molecule has 1 saturated heterocycles. The van der Waals surface area contributed by atoms with Gasteiger partial charge in [-0.1, -0.05) is 20.8 Å². The van der Waals surface area contributed by atoms with Crippen LogP contribution >= 0.6 is 0 Å². The number of nitrogens with one attached hydrogen (secondary N) is 2. The van der Waals surface area contributed by atoms with E-state index in [0.29, 0.717) is 5.92 Å². The Bertz CT molecular complexity index is 1440. The fraction of sp³-hybridized carbons (Fsp3) is 0.444. The van der Waals surface area contributed by atoms with E-state index in [0.717, 1.165) is 52.8 Å². The van der Waals surface area contributed by atoms with Crippen LogP contribution in [0.4, 0.5) is 0 Å². The molecule has 0 radical (unpaired) electrons. The third-order valence-corrected chi connectivity index (χ3v) is 9.11. The number of hydrogen-bond acceptors (Lipinski definition) is 3. The normalized spacial score (nSPS) is 26.0. The van der Waals surface area contributed by atoms with Crippen LogP contribution in [0.3, 0.4) is 0 Å². The first-order chi connectivity index (χ1) is 15.8. The van der Waals surface area contributed by atoms with Crippen LogP contribution in [0.1, 0.15) is 73.3 Å². The number of fused-ring (bicyclic) bond motifs is 6. The van der Waals surface area contributed by atoms with Crippen molar-refractivity contribution < 1.29 is 4.79 Å². The van der Waals surface area contributed by atoms with Gasteiger partial charge in [0.1, 0.15) is 5.82 Å². The molecule has 0 unspecified atom stereocenters. The highest BCUT2D eigenvalue weighted by molar-refractivity contribution is 5.97. The quantitative estimate of drug-likeness (QED) is 0.458. The van der Waals surface area contributed by atoms with Gasteiger partial charge in [-0.2, -0.15) is 0 Å². The van der Waals surface area contributed by atoms with Crippen molar-refractivity contribution in [1.29, 1.82) is 0 Å². The van der Waals surface area contributed by atoms with Gasteiger partial charge >= 0.3 is 0 Å². The Labute approximate surface area is 192 Å². The zero-order valence-electron chi connectivity index (χ0n) is 19.4. The second-order valence-corrected chi connectivity index (χ2v) is 11.1. The van der Waals surface area contributed by atoms with E-state index in [4.69, 9.17) is 4.98 Å². The van der Waals surface area contributed by atoms with Crippen LogP contribution in [-0.2, 0) is 11.8 Å². The van der Waals surface area contributed by atoms with Crippen molar-refractivity contribution in [3.8, 4) is 0 Å². The Kier molecular flexibility index (Phi) is 3.66. The predicted molar refractivity (Wildman–Crippen MR) is 128 cm³/mol. The van der Waals surface area contributed by atoms with Gasteiger partial charge in [-0.05, 0) is 72.6 Å². The van der Waals surface area contributed by atoms with E-state index in [2.05, 4.69) is 52.8 Å². The average Bonchev–Trinajstić information content (AvgIpc) is 3.38. The average molecular weight is 440 g/mol. The van der Waals surface area contributed by atoms with Gasteiger partial charge in [0.2, 0.25) is 0 Å². The third kappa shape index (κ3) is 2.58. The molecule has 1 amide bonds. The van der Waals surface area contributed by atoms with Crippen LogP contribution in [0.25, 0.3) is 22.1 Å². The summed E-state index contributed by atoms with van der Waals surface area (Å²) in [5, 5.41) is 0. The van der Waals surface area contributed by atoms with Gasteiger partial charge < -0.3 is 14.9 Å². The smallest absolute Gasteiger partial charge is 0.254 e. The maximum Gasteiger partial charge on any atom is 0.254 e. The SMILES string of the molecule is CC1(C)[C@H]2Cc3cc4nc(C5CC5)[nH]c4cc3[C@]1(C)CCN2C(=O)c1ccc2nc[nH]c2c1. The van der Waals surface area contributed by atoms with Gasteiger partial charge in [0.15, 0.2) is 0 Å². The fourth-order valence-electron chi connectivity index (χ4n) is 6.46. The van der Waals surface area contributed by atoms with Gasteiger partial charge in [0.05, 0.1) is 28.4 Å². The molecule has 1 saturated carbocycles. The van der Waals surface area contributed by atoms with E-state index in [-0.39, 0.29) is 22.8 Å². The summed E-state index contributed by atoms with van der Waals surface area (Å²) in [6.07, 6.45) is 5.99. The molecule has 3 heterocycles. The minimum Gasteiger partial charge on any atom is -0.345 e. The Morgan fingerprint density at radius 1 is 1.09 bits per heavy atom. The highest BCUT2D eigenvalue weighted by Gasteiger charge is 2.57. The largest absolute Gasteiger partial charge is 0.345 e. The second-order valence-electron chi connectivity index (χ2n) is 11.1. The van der Waals surface area contributed by atoms with E-state index in [1.807, 2.05) is 18.2 Å². The third-order valence-electron chi connectivity index (χ3n) is 9.11. The molecule has 0 spiro atoms. The van der Waals surface area contributed by atoms with Crippen molar-refractivity contribution in [3.63, 3.8) is 0 Å². The molecule has 4 aromatic rings. The highest BCUT2D eigenvalue weighted by atomic mass is 16.2. The molecule has 2 aromatic carbocycles.